The minimum absolute atomic E-state index is 0.176. The molecule has 0 spiro atoms. The predicted octanol–water partition coefficient (Wildman–Crippen LogP) is 2.31. The summed E-state index contributed by atoms with van der Waals surface area (Å²) in [6, 6.07) is 9.79. The summed E-state index contributed by atoms with van der Waals surface area (Å²) >= 11 is 5.91. The Balaban J connectivity index is 1.83. The number of nitrogens with zero attached hydrogens (tertiary/aromatic N) is 3. The van der Waals surface area contributed by atoms with Crippen LogP contribution in [0.2, 0.25) is 5.02 Å². The lowest BCUT2D eigenvalue weighted by atomic mass is 10.1. The first-order chi connectivity index (χ1) is 13.1. The van der Waals surface area contributed by atoms with Crippen molar-refractivity contribution in [2.45, 2.75) is 6.54 Å². The maximum absolute atomic E-state index is 13.0. The van der Waals surface area contributed by atoms with E-state index < -0.39 is 5.91 Å². The Hall–Kier alpha value is -2.68. The average molecular weight is 391 g/mol. The highest BCUT2D eigenvalue weighted by Gasteiger charge is 2.25. The number of nitrogens with one attached hydrogen (secondary N) is 1. The first kappa shape index (κ1) is 19.1. The van der Waals surface area contributed by atoms with Gasteiger partial charge in [0, 0.05) is 24.8 Å². The standard InChI is InChI=1S/C18H19ClN4O4/c19-15-5-6-16(20-11-15)23(18(25)22-7-9-27-10-8-22)12-13-1-3-14(4-2-13)17(24)21-26/h1-6,11,26H,7-10,12H2,(H,21,24). The van der Waals surface area contributed by atoms with Gasteiger partial charge in [-0.25, -0.2) is 15.3 Å². The molecular formula is C18H19ClN4O4. The molecule has 1 aromatic heterocycles. The Kier molecular flexibility index (Phi) is 6.23. The molecule has 1 fully saturated rings. The van der Waals surface area contributed by atoms with Crippen molar-refractivity contribution in [1.29, 1.82) is 0 Å². The fourth-order valence-electron chi connectivity index (χ4n) is 2.71. The van der Waals surface area contributed by atoms with E-state index >= 15 is 0 Å². The Bertz CT molecular complexity index is 792. The molecule has 0 atom stereocenters. The number of anilines is 1. The second-order valence-corrected chi connectivity index (χ2v) is 6.38. The first-order valence-electron chi connectivity index (χ1n) is 8.37. The lowest BCUT2D eigenvalue weighted by Crippen LogP contribution is -2.48. The molecule has 0 unspecified atom stereocenters. The molecule has 9 heteroatoms. The number of morpholine rings is 1. The summed E-state index contributed by atoms with van der Waals surface area (Å²) < 4.78 is 5.31. The summed E-state index contributed by atoms with van der Waals surface area (Å²) in [4.78, 5) is 32.0. The number of carbonyl (C=O) groups excluding carboxylic acids is 2. The number of hydrogen-bond donors (Lipinski definition) is 2. The van der Waals surface area contributed by atoms with Crippen molar-refractivity contribution in [3.05, 3.63) is 58.7 Å². The van der Waals surface area contributed by atoms with Crippen LogP contribution in [-0.2, 0) is 11.3 Å². The van der Waals surface area contributed by atoms with Crippen molar-refractivity contribution in [2.75, 3.05) is 31.2 Å². The van der Waals surface area contributed by atoms with E-state index in [1.807, 2.05) is 0 Å². The van der Waals surface area contributed by atoms with Crippen molar-refractivity contribution in [3.63, 3.8) is 0 Å². The molecule has 8 nitrogen and oxygen atoms in total. The van der Waals surface area contributed by atoms with Gasteiger partial charge in [-0.1, -0.05) is 23.7 Å². The number of amides is 3. The van der Waals surface area contributed by atoms with Crippen molar-refractivity contribution in [2.24, 2.45) is 0 Å². The third-order valence-electron chi connectivity index (χ3n) is 4.16. The molecule has 2 aromatic rings. The molecule has 0 saturated carbocycles. The van der Waals surface area contributed by atoms with Gasteiger partial charge in [-0.2, -0.15) is 0 Å². The van der Waals surface area contributed by atoms with Crippen molar-refractivity contribution in [3.8, 4) is 0 Å². The number of pyridine rings is 1. The van der Waals surface area contributed by atoms with E-state index in [-0.39, 0.29) is 12.6 Å². The Morgan fingerprint density at radius 2 is 1.89 bits per heavy atom. The Morgan fingerprint density at radius 3 is 2.48 bits per heavy atom. The molecule has 0 aliphatic carbocycles. The van der Waals surface area contributed by atoms with Crippen LogP contribution in [0.25, 0.3) is 0 Å². The van der Waals surface area contributed by atoms with Crippen LogP contribution >= 0.6 is 11.6 Å². The van der Waals surface area contributed by atoms with E-state index in [4.69, 9.17) is 21.5 Å². The Morgan fingerprint density at radius 1 is 1.19 bits per heavy atom. The summed E-state index contributed by atoms with van der Waals surface area (Å²) in [5, 5.41) is 9.19. The van der Waals surface area contributed by atoms with Crippen LogP contribution < -0.4 is 10.4 Å². The molecule has 3 amide bonds. The van der Waals surface area contributed by atoms with Crippen molar-refractivity contribution in [1.82, 2.24) is 15.4 Å². The van der Waals surface area contributed by atoms with Crippen LogP contribution in [0.5, 0.6) is 0 Å². The molecule has 1 aliphatic rings. The molecule has 1 saturated heterocycles. The monoisotopic (exact) mass is 390 g/mol. The summed E-state index contributed by atoms with van der Waals surface area (Å²) in [6.45, 7) is 2.29. The molecule has 3 rings (SSSR count). The number of rotatable bonds is 4. The fourth-order valence-corrected chi connectivity index (χ4v) is 2.82. The second kappa shape index (κ2) is 8.81. The van der Waals surface area contributed by atoms with Crippen LogP contribution in [0, 0.1) is 0 Å². The maximum atomic E-state index is 13.0. The van der Waals surface area contributed by atoms with Gasteiger partial charge in [-0.15, -0.1) is 0 Å². The first-order valence-corrected chi connectivity index (χ1v) is 8.75. The fraction of sp³-hybridized carbons (Fsp3) is 0.278. The number of hydrogen-bond acceptors (Lipinski definition) is 5. The van der Waals surface area contributed by atoms with Crippen LogP contribution in [0.1, 0.15) is 15.9 Å². The molecule has 142 valence electrons. The summed E-state index contributed by atoms with van der Waals surface area (Å²) in [5.41, 5.74) is 2.71. The van der Waals surface area contributed by atoms with E-state index in [1.54, 1.807) is 51.7 Å². The van der Waals surface area contributed by atoms with Crippen LogP contribution in [0.3, 0.4) is 0 Å². The van der Waals surface area contributed by atoms with Gasteiger partial charge in [0.15, 0.2) is 0 Å². The van der Waals surface area contributed by atoms with Gasteiger partial charge in [-0.05, 0) is 29.8 Å². The van der Waals surface area contributed by atoms with E-state index in [0.717, 1.165) is 5.56 Å². The van der Waals surface area contributed by atoms with Crippen molar-refractivity contribution < 1.29 is 19.5 Å². The maximum Gasteiger partial charge on any atom is 0.326 e. The van der Waals surface area contributed by atoms with Gasteiger partial charge in [0.1, 0.15) is 5.82 Å². The van der Waals surface area contributed by atoms with E-state index in [9.17, 15) is 9.59 Å². The number of urea groups is 1. The van der Waals surface area contributed by atoms with E-state index in [1.165, 1.54) is 6.20 Å². The lowest BCUT2D eigenvalue weighted by Gasteiger charge is -2.32. The van der Waals surface area contributed by atoms with Gasteiger partial charge in [0.05, 0.1) is 24.8 Å². The third-order valence-corrected chi connectivity index (χ3v) is 4.38. The minimum Gasteiger partial charge on any atom is -0.378 e. The quantitative estimate of drug-likeness (QED) is 0.617. The summed E-state index contributed by atoms with van der Waals surface area (Å²) in [6.07, 6.45) is 1.49. The van der Waals surface area contributed by atoms with Gasteiger partial charge >= 0.3 is 6.03 Å². The zero-order valence-corrected chi connectivity index (χ0v) is 15.2. The minimum atomic E-state index is -0.595. The molecule has 27 heavy (non-hydrogen) atoms. The number of benzene rings is 1. The third kappa shape index (κ3) is 4.73. The molecule has 1 aromatic carbocycles. The molecule has 2 N–H and O–H groups in total. The molecular weight excluding hydrogens is 372 g/mol. The number of ether oxygens (including phenoxy) is 1. The van der Waals surface area contributed by atoms with Gasteiger partial charge in [0.2, 0.25) is 0 Å². The van der Waals surface area contributed by atoms with Crippen molar-refractivity contribution >= 4 is 29.4 Å². The largest absolute Gasteiger partial charge is 0.378 e. The highest BCUT2D eigenvalue weighted by molar-refractivity contribution is 6.30. The second-order valence-electron chi connectivity index (χ2n) is 5.94. The normalized spacial score (nSPS) is 13.9. The van der Waals surface area contributed by atoms with Crippen LogP contribution in [0.15, 0.2) is 42.6 Å². The number of halogens is 1. The number of hydroxylamine groups is 1. The molecule has 0 radical (unpaired) electrons. The highest BCUT2D eigenvalue weighted by atomic mass is 35.5. The Labute approximate surface area is 161 Å². The zero-order valence-electron chi connectivity index (χ0n) is 14.5. The van der Waals surface area contributed by atoms with Crippen LogP contribution in [-0.4, -0.2) is 53.3 Å². The van der Waals surface area contributed by atoms with E-state index in [0.29, 0.717) is 42.7 Å². The SMILES string of the molecule is O=C(NO)c1ccc(CN(C(=O)N2CCOCC2)c2ccc(Cl)cn2)cc1. The molecule has 2 heterocycles. The molecule has 1 aliphatic heterocycles. The molecule has 0 bridgehead atoms. The van der Waals surface area contributed by atoms with E-state index in [2.05, 4.69) is 4.98 Å². The average Bonchev–Trinajstić information content (AvgIpc) is 2.73. The number of aromatic nitrogens is 1. The zero-order chi connectivity index (χ0) is 19.2. The van der Waals surface area contributed by atoms with Gasteiger partial charge < -0.3 is 9.64 Å². The van der Waals surface area contributed by atoms with Gasteiger partial charge in [0.25, 0.3) is 5.91 Å². The summed E-state index contributed by atoms with van der Waals surface area (Å²) in [5.74, 6) is -0.116. The highest BCUT2D eigenvalue weighted by Crippen LogP contribution is 2.20. The predicted molar refractivity (Wildman–Crippen MR) is 98.9 cm³/mol. The van der Waals surface area contributed by atoms with Crippen LogP contribution in [0.4, 0.5) is 10.6 Å². The summed E-state index contributed by atoms with van der Waals surface area (Å²) in [7, 11) is 0. The topological polar surface area (TPSA) is 95.0 Å². The van der Waals surface area contributed by atoms with Gasteiger partial charge in [-0.3, -0.25) is 14.9 Å². The lowest BCUT2D eigenvalue weighted by molar-refractivity contribution is 0.0547. The number of carbonyl (C=O) groups is 2. The smallest absolute Gasteiger partial charge is 0.326 e.